The Balaban J connectivity index is 2.30. The van der Waals surface area contributed by atoms with Crippen LogP contribution in [0, 0.1) is 12.7 Å². The van der Waals surface area contributed by atoms with Gasteiger partial charge in [-0.15, -0.1) is 0 Å². The van der Waals surface area contributed by atoms with Gasteiger partial charge in [-0.05, 0) is 30.7 Å². The number of aromatic nitrogens is 2. The first-order valence-corrected chi connectivity index (χ1v) is 5.17. The van der Waals surface area contributed by atoms with E-state index in [4.69, 9.17) is 17.3 Å². The number of nitrogens with zero attached hydrogens (tertiary/aromatic N) is 2. The van der Waals surface area contributed by atoms with Gasteiger partial charge in [0.2, 0.25) is 0 Å². The van der Waals surface area contributed by atoms with E-state index in [0.29, 0.717) is 17.4 Å². The fourth-order valence-corrected chi connectivity index (χ4v) is 1.73. The summed E-state index contributed by atoms with van der Waals surface area (Å²) in [7, 11) is 0. The van der Waals surface area contributed by atoms with E-state index in [-0.39, 0.29) is 5.82 Å². The predicted octanol–water partition coefficient (Wildman–Crippen LogP) is 2.61. The molecule has 0 radical (unpaired) electrons. The lowest BCUT2D eigenvalue weighted by atomic mass is 10.2. The lowest BCUT2D eigenvalue weighted by molar-refractivity contribution is 0.620. The standard InChI is InChI=1S/C11H11ClFN3/c1-7-5-15-16(11(7)14)6-8-2-9(12)4-10(13)3-8/h2-5H,6,14H2,1H3. The number of nitrogens with two attached hydrogens (primary N) is 1. The molecule has 84 valence electrons. The van der Waals surface area contributed by atoms with Crippen LogP contribution in [0.15, 0.2) is 24.4 Å². The maximum Gasteiger partial charge on any atom is 0.125 e. The zero-order chi connectivity index (χ0) is 11.7. The summed E-state index contributed by atoms with van der Waals surface area (Å²) in [6.07, 6.45) is 1.68. The summed E-state index contributed by atoms with van der Waals surface area (Å²) in [5.41, 5.74) is 7.44. The van der Waals surface area contributed by atoms with Crippen LogP contribution in [-0.4, -0.2) is 9.78 Å². The quantitative estimate of drug-likeness (QED) is 0.876. The molecule has 0 aliphatic rings. The van der Waals surface area contributed by atoms with Gasteiger partial charge in [-0.3, -0.25) is 0 Å². The summed E-state index contributed by atoms with van der Waals surface area (Å²) in [5, 5.41) is 4.47. The molecule has 0 atom stereocenters. The molecule has 2 N–H and O–H groups in total. The number of rotatable bonds is 2. The summed E-state index contributed by atoms with van der Waals surface area (Å²) < 4.78 is 14.7. The minimum absolute atomic E-state index is 0.357. The van der Waals surface area contributed by atoms with E-state index in [0.717, 1.165) is 11.1 Å². The van der Waals surface area contributed by atoms with Crippen LogP contribution >= 0.6 is 11.6 Å². The molecule has 0 saturated carbocycles. The average Bonchev–Trinajstić information content (AvgIpc) is 2.48. The highest BCUT2D eigenvalue weighted by Crippen LogP contribution is 2.17. The van der Waals surface area contributed by atoms with Crippen molar-refractivity contribution in [2.75, 3.05) is 5.73 Å². The van der Waals surface area contributed by atoms with Crippen molar-refractivity contribution in [1.29, 1.82) is 0 Å². The predicted molar refractivity (Wildman–Crippen MR) is 61.9 cm³/mol. The van der Waals surface area contributed by atoms with Crippen molar-refractivity contribution in [3.63, 3.8) is 0 Å². The molecule has 0 bridgehead atoms. The third-order valence-corrected chi connectivity index (χ3v) is 2.55. The molecule has 3 nitrogen and oxygen atoms in total. The third-order valence-electron chi connectivity index (χ3n) is 2.33. The number of anilines is 1. The largest absolute Gasteiger partial charge is 0.384 e. The van der Waals surface area contributed by atoms with Crippen molar-refractivity contribution in [3.05, 3.63) is 46.4 Å². The minimum atomic E-state index is -0.357. The fraction of sp³-hybridized carbons (Fsp3) is 0.182. The summed E-state index contributed by atoms with van der Waals surface area (Å²) in [4.78, 5) is 0. The Bertz CT molecular complexity index is 502. The molecule has 0 unspecified atom stereocenters. The SMILES string of the molecule is Cc1cnn(Cc2cc(F)cc(Cl)c2)c1N. The molecule has 0 saturated heterocycles. The molecule has 0 aliphatic carbocycles. The number of aryl methyl sites for hydroxylation is 1. The van der Waals surface area contributed by atoms with E-state index < -0.39 is 0 Å². The Morgan fingerprint density at radius 1 is 1.44 bits per heavy atom. The van der Waals surface area contributed by atoms with Crippen LogP contribution in [0.3, 0.4) is 0 Å². The third kappa shape index (κ3) is 2.17. The topological polar surface area (TPSA) is 43.8 Å². The van der Waals surface area contributed by atoms with E-state index in [1.165, 1.54) is 12.1 Å². The molecule has 1 aromatic carbocycles. The number of halogens is 2. The zero-order valence-corrected chi connectivity index (χ0v) is 9.50. The molecule has 2 rings (SSSR count). The maximum absolute atomic E-state index is 13.1. The van der Waals surface area contributed by atoms with Crippen molar-refractivity contribution < 1.29 is 4.39 Å². The first kappa shape index (κ1) is 11.0. The van der Waals surface area contributed by atoms with Gasteiger partial charge >= 0.3 is 0 Å². The zero-order valence-electron chi connectivity index (χ0n) is 8.74. The molecule has 0 fully saturated rings. The molecular formula is C11H11ClFN3. The second kappa shape index (κ2) is 4.14. The average molecular weight is 240 g/mol. The molecule has 5 heteroatoms. The van der Waals surface area contributed by atoms with E-state index in [9.17, 15) is 4.39 Å². The molecular weight excluding hydrogens is 229 g/mol. The van der Waals surface area contributed by atoms with Gasteiger partial charge in [-0.2, -0.15) is 5.10 Å². The van der Waals surface area contributed by atoms with Crippen molar-refractivity contribution in [1.82, 2.24) is 9.78 Å². The van der Waals surface area contributed by atoms with Gasteiger partial charge in [0.05, 0.1) is 12.7 Å². The van der Waals surface area contributed by atoms with Gasteiger partial charge in [0, 0.05) is 10.6 Å². The highest BCUT2D eigenvalue weighted by molar-refractivity contribution is 6.30. The summed E-state index contributed by atoms with van der Waals surface area (Å²) >= 11 is 5.76. The number of hydrogen-bond acceptors (Lipinski definition) is 2. The summed E-state index contributed by atoms with van der Waals surface area (Å²) in [6, 6.07) is 4.38. The first-order valence-electron chi connectivity index (χ1n) is 4.79. The lowest BCUT2D eigenvalue weighted by Crippen LogP contribution is -2.06. The van der Waals surface area contributed by atoms with Crippen LogP contribution in [0.1, 0.15) is 11.1 Å². The second-order valence-electron chi connectivity index (χ2n) is 3.65. The molecule has 0 amide bonds. The highest BCUT2D eigenvalue weighted by Gasteiger charge is 2.05. The molecule has 1 aromatic heterocycles. The molecule has 0 spiro atoms. The molecule has 2 aromatic rings. The van der Waals surface area contributed by atoms with Gasteiger partial charge in [0.15, 0.2) is 0 Å². The van der Waals surface area contributed by atoms with Crippen LogP contribution in [-0.2, 0) is 6.54 Å². The van der Waals surface area contributed by atoms with Gasteiger partial charge in [-0.1, -0.05) is 11.6 Å². The van der Waals surface area contributed by atoms with E-state index in [1.807, 2.05) is 6.92 Å². The first-order chi connectivity index (χ1) is 7.56. The van der Waals surface area contributed by atoms with E-state index >= 15 is 0 Å². The van der Waals surface area contributed by atoms with Gasteiger partial charge in [0.25, 0.3) is 0 Å². The summed E-state index contributed by atoms with van der Waals surface area (Å²) in [5.74, 6) is 0.227. The molecule has 1 heterocycles. The Morgan fingerprint density at radius 2 is 2.19 bits per heavy atom. The second-order valence-corrected chi connectivity index (χ2v) is 4.08. The Labute approximate surface area is 97.6 Å². The smallest absolute Gasteiger partial charge is 0.125 e. The van der Waals surface area contributed by atoms with Gasteiger partial charge < -0.3 is 5.73 Å². The van der Waals surface area contributed by atoms with Crippen LogP contribution in [0.2, 0.25) is 5.02 Å². The van der Waals surface area contributed by atoms with Crippen LogP contribution in [0.4, 0.5) is 10.2 Å². The Kier molecular flexibility index (Phi) is 2.83. The molecule has 16 heavy (non-hydrogen) atoms. The number of nitrogen functional groups attached to an aromatic ring is 1. The van der Waals surface area contributed by atoms with Crippen LogP contribution < -0.4 is 5.73 Å². The Hall–Kier alpha value is -1.55. The minimum Gasteiger partial charge on any atom is -0.384 e. The highest BCUT2D eigenvalue weighted by atomic mass is 35.5. The van der Waals surface area contributed by atoms with Crippen molar-refractivity contribution in [3.8, 4) is 0 Å². The normalized spacial score (nSPS) is 10.7. The summed E-state index contributed by atoms with van der Waals surface area (Å²) in [6.45, 7) is 2.29. The lowest BCUT2D eigenvalue weighted by Gasteiger charge is -2.05. The van der Waals surface area contributed by atoms with Crippen molar-refractivity contribution >= 4 is 17.4 Å². The van der Waals surface area contributed by atoms with Gasteiger partial charge in [0.1, 0.15) is 11.6 Å². The van der Waals surface area contributed by atoms with E-state index in [2.05, 4.69) is 5.10 Å². The van der Waals surface area contributed by atoms with Crippen LogP contribution in [0.5, 0.6) is 0 Å². The van der Waals surface area contributed by atoms with Crippen molar-refractivity contribution in [2.24, 2.45) is 0 Å². The van der Waals surface area contributed by atoms with E-state index in [1.54, 1.807) is 16.9 Å². The monoisotopic (exact) mass is 239 g/mol. The van der Waals surface area contributed by atoms with Crippen LogP contribution in [0.25, 0.3) is 0 Å². The van der Waals surface area contributed by atoms with Gasteiger partial charge in [-0.25, -0.2) is 9.07 Å². The van der Waals surface area contributed by atoms with Crippen molar-refractivity contribution in [2.45, 2.75) is 13.5 Å². The number of hydrogen-bond donors (Lipinski definition) is 1. The Morgan fingerprint density at radius 3 is 2.75 bits per heavy atom. The maximum atomic E-state index is 13.1. The molecule has 0 aliphatic heterocycles. The number of benzene rings is 1. The fourth-order valence-electron chi connectivity index (χ4n) is 1.49.